The third kappa shape index (κ3) is 11.9. The monoisotopic (exact) mass is 1070 g/mol. The highest BCUT2D eigenvalue weighted by molar-refractivity contribution is 7.99. The predicted molar refractivity (Wildman–Crippen MR) is 275 cm³/mol. The van der Waals surface area contributed by atoms with Crippen LogP contribution in [0.2, 0.25) is 10.2 Å². The summed E-state index contributed by atoms with van der Waals surface area (Å²) in [6.07, 6.45) is 1.22. The molecular weight excluding hydrogens is 1020 g/mol. The number of aromatic nitrogens is 1. The number of carboxylic acids is 1. The minimum Gasteiger partial charge on any atom is -0.478 e. The van der Waals surface area contributed by atoms with Gasteiger partial charge >= 0.3 is 11.5 Å². The number of likely N-dealkylation sites (tertiary alicyclic amines) is 1. The second-order valence-electron chi connectivity index (χ2n) is 17.4. The number of carboxylic acid groups (broad SMARTS) is 1. The number of aromatic carboxylic acids is 1. The summed E-state index contributed by atoms with van der Waals surface area (Å²) in [6, 6.07) is 32.7. The van der Waals surface area contributed by atoms with Gasteiger partial charge in [-0.2, -0.15) is 13.2 Å². The zero-order valence-electron chi connectivity index (χ0n) is 38.3. The third-order valence-corrected chi connectivity index (χ3v) is 17.5. The molecule has 71 heavy (non-hydrogen) atoms. The van der Waals surface area contributed by atoms with Crippen LogP contribution in [0.4, 0.5) is 35.9 Å². The summed E-state index contributed by atoms with van der Waals surface area (Å²) in [6.45, 7) is 4.16. The summed E-state index contributed by atoms with van der Waals surface area (Å²) < 4.78 is 101. The van der Waals surface area contributed by atoms with Crippen LogP contribution in [-0.4, -0.2) is 112 Å². The SMILES string of the molecule is Cn1c(Cl)c(C(=O)O)c(-c2cccc(N3CCN(c4ccc(NS(=O)(=O)c5ccc(NC(CCN6CCC(O)CC6)CSc6ccccc6)c(S(=O)(=O)C(F)(F)F)c5)cc4)CC3)c2)c1-c1ccc(Cl)cc1. The molecule has 1 aromatic heterocycles. The molecule has 8 rings (SSSR count). The molecule has 2 fully saturated rings. The van der Waals surface area contributed by atoms with Crippen LogP contribution in [0.15, 0.2) is 136 Å². The first-order chi connectivity index (χ1) is 33.8. The number of sulfone groups is 1. The fraction of sp³-hybridized carbons (Fsp3) is 0.300. The second kappa shape index (κ2) is 21.7. The largest absolute Gasteiger partial charge is 0.501 e. The first-order valence-corrected chi connectivity index (χ1v) is 27.4. The van der Waals surface area contributed by atoms with E-state index in [1.807, 2.05) is 66.7 Å². The van der Waals surface area contributed by atoms with E-state index in [2.05, 4.69) is 24.7 Å². The molecule has 0 amide bonds. The topological polar surface area (TPSA) is 165 Å². The summed E-state index contributed by atoms with van der Waals surface area (Å²) in [5.41, 5.74) is -1.83. The van der Waals surface area contributed by atoms with Crippen molar-refractivity contribution in [3.8, 4) is 22.4 Å². The molecule has 1 atom stereocenters. The van der Waals surface area contributed by atoms with Gasteiger partial charge in [-0.1, -0.05) is 65.7 Å². The Morgan fingerprint density at radius 1 is 0.789 bits per heavy atom. The van der Waals surface area contributed by atoms with Gasteiger partial charge < -0.3 is 34.8 Å². The molecular formula is C50H51Cl2F3N6O7S3. The number of piperidine rings is 1. The highest BCUT2D eigenvalue weighted by Gasteiger charge is 2.48. The molecule has 2 saturated heterocycles. The normalized spacial score (nSPS) is 15.7. The molecule has 13 nitrogen and oxygen atoms in total. The van der Waals surface area contributed by atoms with Crippen molar-refractivity contribution in [1.82, 2.24) is 9.47 Å². The van der Waals surface area contributed by atoms with E-state index in [9.17, 15) is 45.0 Å². The smallest absolute Gasteiger partial charge is 0.478 e. The number of nitrogens with one attached hydrogen (secondary N) is 2. The number of benzene rings is 5. The maximum absolute atomic E-state index is 14.3. The number of hydrogen-bond acceptors (Lipinski definition) is 11. The van der Waals surface area contributed by atoms with Gasteiger partial charge in [-0.25, -0.2) is 21.6 Å². The van der Waals surface area contributed by atoms with Gasteiger partial charge in [-0.05, 0) is 109 Å². The standard InChI is InChI=1S/C50H51Cl2F3N6O7S3/c1-58-47(33-10-12-35(51)13-11-33)45(46(48(58)52)49(63)64)34-6-5-7-39(30-34)61-28-26-60(27-29-61)38-16-14-36(15-17-38)57-71(67,68)42-18-19-43(44(31-42)70(65,66)50(53,54)55)56-37(32-69-41-8-3-2-4-9-41)20-23-59-24-21-40(62)22-25-59/h2-19,30-31,37,40,56-57,62H,20-29,32H2,1H3,(H,63,64). The fourth-order valence-corrected chi connectivity index (χ4v) is 12.3. The van der Waals surface area contributed by atoms with Crippen molar-refractivity contribution in [1.29, 1.82) is 0 Å². The average Bonchev–Trinajstić information content (AvgIpc) is 3.62. The van der Waals surface area contributed by atoms with E-state index in [4.69, 9.17) is 23.2 Å². The Morgan fingerprint density at radius 2 is 1.44 bits per heavy atom. The summed E-state index contributed by atoms with van der Waals surface area (Å²) in [5.74, 6) is -0.797. The van der Waals surface area contributed by atoms with E-state index < -0.39 is 53.3 Å². The molecule has 0 radical (unpaired) electrons. The van der Waals surface area contributed by atoms with Crippen LogP contribution in [0.3, 0.4) is 0 Å². The molecule has 2 aliphatic heterocycles. The van der Waals surface area contributed by atoms with Crippen molar-refractivity contribution in [2.45, 2.75) is 51.6 Å². The molecule has 1 unspecified atom stereocenters. The number of rotatable bonds is 17. The van der Waals surface area contributed by atoms with Gasteiger partial charge in [0, 0.05) is 97.2 Å². The lowest BCUT2D eigenvalue weighted by molar-refractivity contribution is -0.0436. The number of sulfonamides is 1. The van der Waals surface area contributed by atoms with Crippen LogP contribution in [0, 0.1) is 0 Å². The van der Waals surface area contributed by atoms with Crippen LogP contribution < -0.4 is 19.8 Å². The molecule has 4 N–H and O–H groups in total. The lowest BCUT2D eigenvalue weighted by Gasteiger charge is -2.37. The number of hydrogen-bond donors (Lipinski definition) is 4. The van der Waals surface area contributed by atoms with Crippen molar-refractivity contribution in [3.63, 3.8) is 0 Å². The van der Waals surface area contributed by atoms with Crippen LogP contribution in [-0.2, 0) is 26.9 Å². The zero-order valence-corrected chi connectivity index (χ0v) is 42.3. The number of nitrogens with zero attached hydrogens (tertiary/aromatic N) is 4. The number of piperazine rings is 1. The van der Waals surface area contributed by atoms with Crippen molar-refractivity contribution in [2.75, 3.05) is 71.4 Å². The summed E-state index contributed by atoms with van der Waals surface area (Å²) in [7, 11) is -8.92. The Kier molecular flexibility index (Phi) is 15.9. The first-order valence-electron chi connectivity index (χ1n) is 22.7. The number of anilines is 4. The zero-order chi connectivity index (χ0) is 50.7. The molecule has 376 valence electrons. The number of aliphatic hydroxyl groups is 1. The molecule has 0 saturated carbocycles. The Labute approximate surface area is 425 Å². The van der Waals surface area contributed by atoms with Crippen molar-refractivity contribution >= 4 is 83.5 Å². The highest BCUT2D eigenvalue weighted by atomic mass is 35.5. The maximum Gasteiger partial charge on any atom is 0.501 e. The van der Waals surface area contributed by atoms with E-state index in [1.165, 1.54) is 23.9 Å². The average molecular weight is 1070 g/mol. The minimum atomic E-state index is -6.03. The Bertz CT molecular complexity index is 3080. The summed E-state index contributed by atoms with van der Waals surface area (Å²) >= 11 is 14.2. The highest BCUT2D eigenvalue weighted by Crippen LogP contribution is 2.43. The Balaban J connectivity index is 0.960. The van der Waals surface area contributed by atoms with Crippen LogP contribution in [0.5, 0.6) is 0 Å². The number of thioether (sulfide) groups is 1. The molecule has 5 aromatic carbocycles. The van der Waals surface area contributed by atoms with Gasteiger partial charge in [-0.15, -0.1) is 11.8 Å². The number of carbonyl (C=O) groups is 1. The minimum absolute atomic E-state index is 0.0163. The van der Waals surface area contributed by atoms with Gasteiger partial charge in [0.1, 0.15) is 15.6 Å². The van der Waals surface area contributed by atoms with Crippen LogP contribution in [0.25, 0.3) is 22.4 Å². The molecule has 21 heteroatoms. The fourth-order valence-electron chi connectivity index (χ4n) is 8.86. The summed E-state index contributed by atoms with van der Waals surface area (Å²) in [5, 5.41) is 23.9. The predicted octanol–water partition coefficient (Wildman–Crippen LogP) is 10.2. The van der Waals surface area contributed by atoms with Crippen molar-refractivity contribution in [3.05, 3.63) is 137 Å². The molecule has 0 aliphatic carbocycles. The lowest BCUT2D eigenvalue weighted by Crippen LogP contribution is -2.46. The van der Waals surface area contributed by atoms with E-state index in [0.29, 0.717) is 98.7 Å². The molecule has 0 spiro atoms. The molecule has 0 bridgehead atoms. The number of aliphatic hydroxyl groups excluding tert-OH is 1. The Hall–Kier alpha value is -5.41. The summed E-state index contributed by atoms with van der Waals surface area (Å²) in [4.78, 5) is 18.0. The lowest BCUT2D eigenvalue weighted by atomic mass is 9.97. The van der Waals surface area contributed by atoms with E-state index in [0.717, 1.165) is 34.0 Å². The molecule has 2 aliphatic rings. The van der Waals surface area contributed by atoms with E-state index in [-0.39, 0.29) is 22.1 Å². The van der Waals surface area contributed by atoms with Gasteiger partial charge in [0.15, 0.2) is 0 Å². The third-order valence-electron chi connectivity index (χ3n) is 12.7. The van der Waals surface area contributed by atoms with Gasteiger partial charge in [-0.3, -0.25) is 4.72 Å². The quantitative estimate of drug-likeness (QED) is 0.0640. The van der Waals surface area contributed by atoms with Crippen molar-refractivity contribution in [2.24, 2.45) is 7.05 Å². The van der Waals surface area contributed by atoms with E-state index >= 15 is 0 Å². The molecule has 3 heterocycles. The Morgan fingerprint density at radius 3 is 2.07 bits per heavy atom. The second-order valence-corrected chi connectivity index (χ2v) is 22.9. The maximum atomic E-state index is 14.3. The van der Waals surface area contributed by atoms with Gasteiger partial charge in [0.2, 0.25) is 0 Å². The van der Waals surface area contributed by atoms with Gasteiger partial charge in [0.05, 0.1) is 22.4 Å². The van der Waals surface area contributed by atoms with E-state index in [1.54, 1.807) is 35.9 Å². The number of halogens is 5. The number of alkyl halides is 3. The molecule has 6 aromatic rings. The van der Waals surface area contributed by atoms with Gasteiger partial charge in [0.25, 0.3) is 19.9 Å². The van der Waals surface area contributed by atoms with Crippen LogP contribution in [0.1, 0.15) is 29.6 Å². The van der Waals surface area contributed by atoms with Crippen molar-refractivity contribution < 1.29 is 45.0 Å². The first kappa shape index (κ1) is 51.9. The van der Waals surface area contributed by atoms with Crippen LogP contribution >= 0.6 is 35.0 Å².